The summed E-state index contributed by atoms with van der Waals surface area (Å²) in [5.74, 6) is 1.72. The van der Waals surface area contributed by atoms with E-state index in [2.05, 4.69) is 55.0 Å². The molecule has 0 amide bonds. The number of hydrogen-bond donors (Lipinski definition) is 0. The van der Waals surface area contributed by atoms with Gasteiger partial charge in [-0.15, -0.1) is 0 Å². The van der Waals surface area contributed by atoms with E-state index >= 15 is 0 Å². The van der Waals surface area contributed by atoms with Crippen molar-refractivity contribution in [2.75, 3.05) is 26.7 Å². The van der Waals surface area contributed by atoms with E-state index in [1.807, 2.05) is 0 Å². The van der Waals surface area contributed by atoms with Crippen LogP contribution in [0.4, 0.5) is 0 Å². The van der Waals surface area contributed by atoms with Crippen LogP contribution in [0.15, 0.2) is 24.3 Å². The Balaban J connectivity index is 1.46. The molecule has 0 spiro atoms. The zero-order valence-electron chi connectivity index (χ0n) is 14.6. The predicted octanol–water partition coefficient (Wildman–Crippen LogP) is 4.12. The van der Waals surface area contributed by atoms with Gasteiger partial charge in [0.15, 0.2) is 0 Å². The van der Waals surface area contributed by atoms with Crippen LogP contribution in [-0.4, -0.2) is 42.5 Å². The van der Waals surface area contributed by atoms with Gasteiger partial charge < -0.3 is 4.90 Å². The van der Waals surface area contributed by atoms with Crippen LogP contribution in [0, 0.1) is 5.92 Å². The lowest BCUT2D eigenvalue weighted by Crippen LogP contribution is -2.36. The molecular weight excluding hydrogens is 268 g/mol. The molecule has 2 aliphatic rings. The molecule has 22 heavy (non-hydrogen) atoms. The van der Waals surface area contributed by atoms with Gasteiger partial charge in [-0.3, -0.25) is 4.90 Å². The maximum atomic E-state index is 2.58. The van der Waals surface area contributed by atoms with Gasteiger partial charge in [0.2, 0.25) is 0 Å². The Bertz CT molecular complexity index is 453. The minimum atomic E-state index is 0.670. The molecule has 2 nitrogen and oxygen atoms in total. The molecule has 0 atom stereocenters. The lowest BCUT2D eigenvalue weighted by atomic mass is 9.71. The molecule has 3 rings (SSSR count). The monoisotopic (exact) mass is 300 g/mol. The van der Waals surface area contributed by atoms with Crippen molar-refractivity contribution in [3.05, 3.63) is 35.4 Å². The van der Waals surface area contributed by atoms with Crippen LogP contribution >= 0.6 is 0 Å². The summed E-state index contributed by atoms with van der Waals surface area (Å²) in [6.07, 6.45) is 5.52. The van der Waals surface area contributed by atoms with Crippen LogP contribution in [0.5, 0.6) is 0 Å². The molecule has 1 aromatic carbocycles. The summed E-state index contributed by atoms with van der Waals surface area (Å²) in [6.45, 7) is 9.56. The summed E-state index contributed by atoms with van der Waals surface area (Å²) >= 11 is 0. The molecule has 2 heteroatoms. The lowest BCUT2D eigenvalue weighted by molar-refractivity contribution is 0.158. The highest BCUT2D eigenvalue weighted by molar-refractivity contribution is 5.27. The molecule has 0 N–H and O–H groups in total. The van der Waals surface area contributed by atoms with Gasteiger partial charge in [-0.2, -0.15) is 0 Å². The lowest BCUT2D eigenvalue weighted by Gasteiger charge is -2.39. The number of nitrogens with zero attached hydrogens (tertiary/aromatic N) is 2. The summed E-state index contributed by atoms with van der Waals surface area (Å²) in [5, 5.41) is 0. The van der Waals surface area contributed by atoms with Crippen LogP contribution in [0.3, 0.4) is 0 Å². The number of rotatable bonds is 6. The topological polar surface area (TPSA) is 6.48 Å². The van der Waals surface area contributed by atoms with Gasteiger partial charge >= 0.3 is 0 Å². The second kappa shape index (κ2) is 7.14. The van der Waals surface area contributed by atoms with Crippen molar-refractivity contribution < 1.29 is 0 Å². The van der Waals surface area contributed by atoms with E-state index in [4.69, 9.17) is 0 Å². The number of likely N-dealkylation sites (tertiary alicyclic amines) is 1. The van der Waals surface area contributed by atoms with Gasteiger partial charge in [-0.1, -0.05) is 24.3 Å². The smallest absolute Gasteiger partial charge is 0.0233 e. The van der Waals surface area contributed by atoms with E-state index in [0.29, 0.717) is 6.04 Å². The summed E-state index contributed by atoms with van der Waals surface area (Å²) in [7, 11) is 2.26. The molecule has 0 aromatic heterocycles. The third kappa shape index (κ3) is 3.91. The predicted molar refractivity (Wildman–Crippen MR) is 94.2 cm³/mol. The van der Waals surface area contributed by atoms with Crippen LogP contribution in [0.25, 0.3) is 0 Å². The quantitative estimate of drug-likeness (QED) is 0.780. The van der Waals surface area contributed by atoms with Gasteiger partial charge in [-0.25, -0.2) is 0 Å². The molecule has 1 heterocycles. The Labute approximate surface area is 136 Å². The molecule has 1 aliphatic heterocycles. The molecule has 0 bridgehead atoms. The summed E-state index contributed by atoms with van der Waals surface area (Å²) in [6, 6.07) is 10.2. The Morgan fingerprint density at radius 3 is 2.32 bits per heavy atom. The first-order valence-corrected chi connectivity index (χ1v) is 9.13. The molecule has 0 unspecified atom stereocenters. The Hall–Kier alpha value is -0.860. The normalized spacial score (nSPS) is 25.9. The van der Waals surface area contributed by atoms with Crippen molar-refractivity contribution in [2.45, 2.75) is 58.0 Å². The molecule has 1 saturated carbocycles. The summed E-state index contributed by atoms with van der Waals surface area (Å²) in [4.78, 5) is 5.07. The first-order valence-electron chi connectivity index (χ1n) is 9.13. The first kappa shape index (κ1) is 16.0. The number of benzene rings is 1. The molecular formula is C20H32N2. The van der Waals surface area contributed by atoms with Gasteiger partial charge in [0.1, 0.15) is 0 Å². The molecule has 1 saturated heterocycles. The van der Waals surface area contributed by atoms with E-state index < -0.39 is 0 Å². The van der Waals surface area contributed by atoms with Crippen molar-refractivity contribution in [3.8, 4) is 0 Å². The Kier molecular flexibility index (Phi) is 5.20. The fraction of sp³-hybridized carbons (Fsp3) is 0.700. The minimum absolute atomic E-state index is 0.670. The second-order valence-corrected chi connectivity index (χ2v) is 7.79. The van der Waals surface area contributed by atoms with Gasteiger partial charge in [0, 0.05) is 19.1 Å². The molecule has 1 aromatic rings. The van der Waals surface area contributed by atoms with Gasteiger partial charge in [-0.05, 0) is 82.6 Å². The fourth-order valence-corrected chi connectivity index (χ4v) is 3.87. The Morgan fingerprint density at radius 1 is 1.09 bits per heavy atom. The summed E-state index contributed by atoms with van der Waals surface area (Å²) < 4.78 is 0. The molecule has 2 fully saturated rings. The highest BCUT2D eigenvalue weighted by atomic mass is 15.1. The van der Waals surface area contributed by atoms with Gasteiger partial charge in [0.05, 0.1) is 0 Å². The average Bonchev–Trinajstić information content (AvgIpc) is 2.96. The van der Waals surface area contributed by atoms with E-state index in [9.17, 15) is 0 Å². The largest absolute Gasteiger partial charge is 0.304 e. The zero-order valence-corrected chi connectivity index (χ0v) is 14.6. The van der Waals surface area contributed by atoms with Crippen molar-refractivity contribution in [3.63, 3.8) is 0 Å². The maximum Gasteiger partial charge on any atom is 0.0233 e. The minimum Gasteiger partial charge on any atom is -0.304 e. The van der Waals surface area contributed by atoms with Crippen molar-refractivity contribution in [1.29, 1.82) is 0 Å². The first-order chi connectivity index (χ1) is 10.6. The highest BCUT2D eigenvalue weighted by Crippen LogP contribution is 2.42. The fourth-order valence-electron chi connectivity index (χ4n) is 3.87. The van der Waals surface area contributed by atoms with Crippen molar-refractivity contribution >= 4 is 0 Å². The second-order valence-electron chi connectivity index (χ2n) is 7.79. The standard InChI is InChI=1S/C20H32N2/c1-16(2)21(3)14-18-12-20(13-18)19-8-6-17(7-9-19)15-22-10-4-5-11-22/h6-9,16,18,20H,4-5,10-15H2,1-3H3/t18-,20-. The van der Waals surface area contributed by atoms with E-state index in [1.165, 1.54) is 50.9 Å². The van der Waals surface area contributed by atoms with Crippen molar-refractivity contribution in [1.82, 2.24) is 9.80 Å². The Morgan fingerprint density at radius 2 is 1.73 bits per heavy atom. The van der Waals surface area contributed by atoms with Crippen LogP contribution in [-0.2, 0) is 6.54 Å². The van der Waals surface area contributed by atoms with Crippen LogP contribution in [0.1, 0.15) is 56.6 Å². The van der Waals surface area contributed by atoms with E-state index in [0.717, 1.165) is 18.4 Å². The third-order valence-electron chi connectivity index (χ3n) is 5.72. The molecule has 122 valence electrons. The van der Waals surface area contributed by atoms with Gasteiger partial charge in [0.25, 0.3) is 0 Å². The SMILES string of the molecule is CC(C)N(C)C[C@H]1C[C@H](c2ccc(CN3CCCC3)cc2)C1. The zero-order chi connectivity index (χ0) is 15.5. The van der Waals surface area contributed by atoms with E-state index in [-0.39, 0.29) is 0 Å². The van der Waals surface area contributed by atoms with Crippen LogP contribution < -0.4 is 0 Å². The van der Waals surface area contributed by atoms with Crippen molar-refractivity contribution in [2.24, 2.45) is 5.92 Å². The third-order valence-corrected chi connectivity index (χ3v) is 5.72. The summed E-state index contributed by atoms with van der Waals surface area (Å²) in [5.41, 5.74) is 3.05. The highest BCUT2D eigenvalue weighted by Gasteiger charge is 2.31. The average molecular weight is 300 g/mol. The van der Waals surface area contributed by atoms with E-state index in [1.54, 1.807) is 5.56 Å². The number of hydrogen-bond acceptors (Lipinski definition) is 2. The molecule has 0 radical (unpaired) electrons. The maximum absolute atomic E-state index is 2.58. The molecule has 1 aliphatic carbocycles. The van der Waals surface area contributed by atoms with Crippen LogP contribution in [0.2, 0.25) is 0 Å².